The Morgan fingerprint density at radius 2 is 1.60 bits per heavy atom. The zero-order valence-corrected chi connectivity index (χ0v) is 10.8. The fraction of sp³-hybridized carbons (Fsp3) is 0.0667. The minimum Gasteiger partial charge on any atom is -0.366 e. The summed E-state index contributed by atoms with van der Waals surface area (Å²) in [4.78, 5) is 23.0. The number of benzene rings is 2. The van der Waals surface area contributed by atoms with Gasteiger partial charge in [0.25, 0.3) is 5.91 Å². The van der Waals surface area contributed by atoms with Crippen molar-refractivity contribution in [3.63, 3.8) is 0 Å². The maximum absolute atomic E-state index is 11.8. The van der Waals surface area contributed by atoms with Gasteiger partial charge in [-0.1, -0.05) is 42.5 Å². The molecule has 5 heteroatoms. The minimum absolute atomic E-state index is 0.280. The third-order valence-electron chi connectivity index (χ3n) is 2.74. The van der Waals surface area contributed by atoms with Gasteiger partial charge in [-0.05, 0) is 17.7 Å². The van der Waals surface area contributed by atoms with E-state index in [1.54, 1.807) is 24.3 Å². The van der Waals surface area contributed by atoms with Crippen molar-refractivity contribution in [2.45, 2.75) is 6.54 Å². The average molecular weight is 269 g/mol. The lowest BCUT2D eigenvalue weighted by Gasteiger charge is -2.10. The fourth-order valence-electron chi connectivity index (χ4n) is 1.75. The van der Waals surface area contributed by atoms with Crippen LogP contribution in [0.25, 0.3) is 0 Å². The van der Waals surface area contributed by atoms with Gasteiger partial charge in [0.1, 0.15) is 0 Å². The molecule has 0 aliphatic carbocycles. The molecule has 0 aliphatic heterocycles. The Morgan fingerprint density at radius 3 is 2.30 bits per heavy atom. The number of hydrogen-bond donors (Lipinski definition) is 3. The van der Waals surface area contributed by atoms with E-state index >= 15 is 0 Å². The van der Waals surface area contributed by atoms with Gasteiger partial charge in [0.05, 0.1) is 11.3 Å². The molecule has 0 bridgehead atoms. The summed E-state index contributed by atoms with van der Waals surface area (Å²) in [7, 11) is 0. The minimum atomic E-state index is -0.580. The van der Waals surface area contributed by atoms with Crippen molar-refractivity contribution in [3.8, 4) is 0 Å². The lowest BCUT2D eigenvalue weighted by molar-refractivity contribution is 0.100. The quantitative estimate of drug-likeness (QED) is 0.794. The summed E-state index contributed by atoms with van der Waals surface area (Å²) in [5.41, 5.74) is 6.91. The molecule has 0 fully saturated rings. The van der Waals surface area contributed by atoms with Crippen molar-refractivity contribution in [1.82, 2.24) is 5.32 Å². The molecule has 2 rings (SSSR count). The highest BCUT2D eigenvalue weighted by molar-refractivity contribution is 6.02. The SMILES string of the molecule is NC(=O)c1ccccc1NC(=O)NCc1ccccc1. The number of primary amides is 1. The van der Waals surface area contributed by atoms with E-state index in [0.717, 1.165) is 5.56 Å². The van der Waals surface area contributed by atoms with Gasteiger partial charge in [0.2, 0.25) is 0 Å². The average Bonchev–Trinajstić information content (AvgIpc) is 2.46. The molecule has 0 aromatic heterocycles. The van der Waals surface area contributed by atoms with Crippen molar-refractivity contribution in [2.75, 3.05) is 5.32 Å². The number of urea groups is 1. The van der Waals surface area contributed by atoms with Crippen molar-refractivity contribution in [2.24, 2.45) is 5.73 Å². The zero-order chi connectivity index (χ0) is 14.4. The summed E-state index contributed by atoms with van der Waals surface area (Å²) >= 11 is 0. The number of carbonyl (C=O) groups excluding carboxylic acids is 2. The van der Waals surface area contributed by atoms with Gasteiger partial charge in [0, 0.05) is 6.54 Å². The molecule has 0 aliphatic rings. The van der Waals surface area contributed by atoms with E-state index in [-0.39, 0.29) is 11.6 Å². The zero-order valence-electron chi connectivity index (χ0n) is 10.8. The highest BCUT2D eigenvalue weighted by Crippen LogP contribution is 2.13. The highest BCUT2D eigenvalue weighted by atomic mass is 16.2. The van der Waals surface area contributed by atoms with Crippen LogP contribution in [0, 0.1) is 0 Å². The third kappa shape index (κ3) is 3.58. The van der Waals surface area contributed by atoms with Crippen molar-refractivity contribution < 1.29 is 9.59 Å². The van der Waals surface area contributed by atoms with Gasteiger partial charge in [0.15, 0.2) is 0 Å². The van der Waals surface area contributed by atoms with Crippen LogP contribution in [0.2, 0.25) is 0 Å². The molecule has 20 heavy (non-hydrogen) atoms. The van der Waals surface area contributed by atoms with E-state index in [1.807, 2.05) is 30.3 Å². The summed E-state index contributed by atoms with van der Waals surface area (Å²) < 4.78 is 0. The molecular formula is C15H15N3O2. The number of hydrogen-bond acceptors (Lipinski definition) is 2. The maximum atomic E-state index is 11.8. The standard InChI is InChI=1S/C15H15N3O2/c16-14(19)12-8-4-5-9-13(12)18-15(20)17-10-11-6-2-1-3-7-11/h1-9H,10H2,(H2,16,19)(H2,17,18,20). The topological polar surface area (TPSA) is 84.2 Å². The van der Waals surface area contributed by atoms with E-state index in [1.165, 1.54) is 0 Å². The summed E-state index contributed by atoms with van der Waals surface area (Å²) in [6.45, 7) is 0.408. The van der Waals surface area contributed by atoms with E-state index in [0.29, 0.717) is 12.2 Å². The first kappa shape index (κ1) is 13.6. The maximum Gasteiger partial charge on any atom is 0.319 e. The monoisotopic (exact) mass is 269 g/mol. The van der Waals surface area contributed by atoms with E-state index < -0.39 is 5.91 Å². The van der Waals surface area contributed by atoms with Gasteiger partial charge in [-0.2, -0.15) is 0 Å². The summed E-state index contributed by atoms with van der Waals surface area (Å²) in [5, 5.41) is 5.32. The van der Waals surface area contributed by atoms with Crippen LogP contribution >= 0.6 is 0 Å². The van der Waals surface area contributed by atoms with E-state index in [9.17, 15) is 9.59 Å². The Morgan fingerprint density at radius 1 is 0.950 bits per heavy atom. The lowest BCUT2D eigenvalue weighted by Crippen LogP contribution is -2.29. The number of anilines is 1. The number of carbonyl (C=O) groups is 2. The largest absolute Gasteiger partial charge is 0.366 e. The molecular weight excluding hydrogens is 254 g/mol. The van der Waals surface area contributed by atoms with Gasteiger partial charge in [-0.3, -0.25) is 4.79 Å². The smallest absolute Gasteiger partial charge is 0.319 e. The molecule has 2 aromatic carbocycles. The normalized spacial score (nSPS) is 9.80. The second kappa shape index (κ2) is 6.38. The van der Waals surface area contributed by atoms with Crippen LogP contribution in [0.5, 0.6) is 0 Å². The van der Waals surface area contributed by atoms with Gasteiger partial charge in [-0.25, -0.2) is 4.79 Å². The first-order chi connectivity index (χ1) is 9.66. The van der Waals surface area contributed by atoms with E-state index in [2.05, 4.69) is 10.6 Å². The fourth-order valence-corrected chi connectivity index (χ4v) is 1.75. The van der Waals surface area contributed by atoms with Crippen LogP contribution in [0.3, 0.4) is 0 Å². The third-order valence-corrected chi connectivity index (χ3v) is 2.74. The summed E-state index contributed by atoms with van der Waals surface area (Å²) in [6.07, 6.45) is 0. The Balaban J connectivity index is 1.97. The van der Waals surface area contributed by atoms with Crippen molar-refractivity contribution in [3.05, 3.63) is 65.7 Å². The molecule has 102 valence electrons. The van der Waals surface area contributed by atoms with Crippen LogP contribution in [0.15, 0.2) is 54.6 Å². The number of para-hydroxylation sites is 1. The van der Waals surface area contributed by atoms with Crippen LogP contribution in [-0.2, 0) is 6.54 Å². The molecule has 0 saturated heterocycles. The lowest BCUT2D eigenvalue weighted by atomic mass is 10.1. The molecule has 2 aromatic rings. The van der Waals surface area contributed by atoms with Gasteiger partial charge in [-0.15, -0.1) is 0 Å². The Kier molecular flexibility index (Phi) is 4.34. The molecule has 0 unspecified atom stereocenters. The molecule has 0 radical (unpaired) electrons. The van der Waals surface area contributed by atoms with E-state index in [4.69, 9.17) is 5.73 Å². The van der Waals surface area contributed by atoms with Crippen LogP contribution in [0.1, 0.15) is 15.9 Å². The molecule has 0 saturated carbocycles. The Bertz CT molecular complexity index is 612. The molecule has 3 amide bonds. The predicted molar refractivity (Wildman–Crippen MR) is 77.3 cm³/mol. The molecule has 0 atom stereocenters. The van der Waals surface area contributed by atoms with Crippen LogP contribution in [0.4, 0.5) is 10.5 Å². The van der Waals surface area contributed by atoms with Crippen molar-refractivity contribution in [1.29, 1.82) is 0 Å². The molecule has 0 spiro atoms. The second-order valence-corrected chi connectivity index (χ2v) is 4.20. The second-order valence-electron chi connectivity index (χ2n) is 4.20. The molecule has 5 nitrogen and oxygen atoms in total. The first-order valence-electron chi connectivity index (χ1n) is 6.14. The number of nitrogens with two attached hydrogens (primary N) is 1. The summed E-state index contributed by atoms with van der Waals surface area (Å²) in [5.74, 6) is -0.580. The van der Waals surface area contributed by atoms with Gasteiger partial charge < -0.3 is 16.4 Å². The number of nitrogens with one attached hydrogen (secondary N) is 2. The van der Waals surface area contributed by atoms with Crippen molar-refractivity contribution >= 4 is 17.6 Å². The van der Waals surface area contributed by atoms with Crippen LogP contribution < -0.4 is 16.4 Å². The first-order valence-corrected chi connectivity index (χ1v) is 6.14. The molecule has 0 heterocycles. The predicted octanol–water partition coefficient (Wildman–Crippen LogP) is 2.11. The van der Waals surface area contributed by atoms with Gasteiger partial charge >= 0.3 is 6.03 Å². The molecule has 4 N–H and O–H groups in total. The highest BCUT2D eigenvalue weighted by Gasteiger charge is 2.09. The Labute approximate surface area is 116 Å². The van der Waals surface area contributed by atoms with Crippen LogP contribution in [-0.4, -0.2) is 11.9 Å². The number of rotatable bonds is 4. The summed E-state index contributed by atoms with van der Waals surface area (Å²) in [6, 6.07) is 15.8. The Hall–Kier alpha value is -2.82. The number of amides is 3.